The van der Waals surface area contributed by atoms with Crippen molar-refractivity contribution < 1.29 is 14.8 Å². The van der Waals surface area contributed by atoms with Crippen LogP contribution in [0.1, 0.15) is 6.42 Å². The summed E-state index contributed by atoms with van der Waals surface area (Å²) in [5.74, 6) is 0. The van der Waals surface area contributed by atoms with Gasteiger partial charge in [0.05, 0.1) is 11.0 Å². The number of likely N-dealkylation sites (tertiary alicyclic amines) is 1. The Hall–Kier alpha value is -2.31. The molecule has 1 N–H and O–H groups in total. The minimum absolute atomic E-state index is 0.0395. The highest BCUT2D eigenvalue weighted by molar-refractivity contribution is 5.67. The number of rotatable bonds is 2. The van der Waals surface area contributed by atoms with Crippen molar-refractivity contribution in [1.29, 1.82) is 0 Å². The summed E-state index contributed by atoms with van der Waals surface area (Å²) >= 11 is 0. The molecule has 0 saturated carbocycles. The van der Waals surface area contributed by atoms with Gasteiger partial charge in [-0.1, -0.05) is 0 Å². The Labute approximate surface area is 109 Å². The molecule has 2 saturated heterocycles. The maximum absolute atomic E-state index is 11.0. The van der Waals surface area contributed by atoms with Crippen LogP contribution in [0.3, 0.4) is 0 Å². The standard InChI is InChI=1S/C12H13N3O4/c16-12(17)14-7-10-5-11(14)6-13(10)8-1-3-9(4-2-8)15(18)19/h1-4,10-11H,5-7H2,(H,16,17)/t10-,11-/m1/s1. The monoisotopic (exact) mass is 263 g/mol. The highest BCUT2D eigenvalue weighted by atomic mass is 16.6. The van der Waals surface area contributed by atoms with Crippen LogP contribution >= 0.6 is 0 Å². The number of hydrogen-bond acceptors (Lipinski definition) is 4. The number of anilines is 1. The first-order chi connectivity index (χ1) is 9.06. The highest BCUT2D eigenvalue weighted by Gasteiger charge is 2.45. The fourth-order valence-electron chi connectivity index (χ4n) is 2.98. The van der Waals surface area contributed by atoms with Gasteiger partial charge in [0.1, 0.15) is 0 Å². The molecule has 2 aliphatic heterocycles. The molecule has 19 heavy (non-hydrogen) atoms. The first kappa shape index (κ1) is 11.8. The summed E-state index contributed by atoms with van der Waals surface area (Å²) in [7, 11) is 0. The van der Waals surface area contributed by atoms with Crippen molar-refractivity contribution in [3.05, 3.63) is 34.4 Å². The van der Waals surface area contributed by atoms with Crippen LogP contribution < -0.4 is 4.90 Å². The Bertz CT molecular complexity index is 530. The summed E-state index contributed by atoms with van der Waals surface area (Å²) in [4.78, 5) is 24.8. The molecule has 0 spiro atoms. The molecule has 0 aliphatic carbocycles. The van der Waals surface area contributed by atoms with Crippen LogP contribution in [0.5, 0.6) is 0 Å². The lowest BCUT2D eigenvalue weighted by atomic mass is 10.2. The van der Waals surface area contributed by atoms with Crippen LogP contribution in [0.2, 0.25) is 0 Å². The zero-order valence-corrected chi connectivity index (χ0v) is 10.1. The predicted octanol–water partition coefficient (Wildman–Crippen LogP) is 1.54. The van der Waals surface area contributed by atoms with Crippen LogP contribution in [0.25, 0.3) is 0 Å². The summed E-state index contributed by atoms with van der Waals surface area (Å²) in [6.45, 7) is 1.17. The molecule has 3 rings (SSSR count). The van der Waals surface area contributed by atoms with Crippen molar-refractivity contribution in [3.8, 4) is 0 Å². The van der Waals surface area contributed by atoms with Crippen molar-refractivity contribution in [2.75, 3.05) is 18.0 Å². The number of hydrogen-bond donors (Lipinski definition) is 1. The molecule has 1 amide bonds. The topological polar surface area (TPSA) is 86.9 Å². The number of carbonyl (C=O) groups is 1. The summed E-state index contributed by atoms with van der Waals surface area (Å²) in [6.07, 6.45) is -0.0284. The second-order valence-electron chi connectivity index (χ2n) is 4.90. The summed E-state index contributed by atoms with van der Waals surface area (Å²) < 4.78 is 0. The predicted molar refractivity (Wildman–Crippen MR) is 67.4 cm³/mol. The Morgan fingerprint density at radius 3 is 2.42 bits per heavy atom. The van der Waals surface area contributed by atoms with Crippen LogP contribution in [0, 0.1) is 10.1 Å². The quantitative estimate of drug-likeness (QED) is 0.646. The molecule has 2 atom stereocenters. The Balaban J connectivity index is 1.76. The van der Waals surface area contributed by atoms with Gasteiger partial charge < -0.3 is 14.9 Å². The molecule has 0 aromatic heterocycles. The van der Waals surface area contributed by atoms with Crippen molar-refractivity contribution in [3.63, 3.8) is 0 Å². The molecular weight excluding hydrogens is 250 g/mol. The van der Waals surface area contributed by atoms with Gasteiger partial charge >= 0.3 is 6.09 Å². The average Bonchev–Trinajstić information content (AvgIpc) is 2.98. The molecule has 1 aromatic carbocycles. The lowest BCUT2D eigenvalue weighted by molar-refractivity contribution is -0.384. The van der Waals surface area contributed by atoms with Crippen molar-refractivity contribution >= 4 is 17.5 Å². The first-order valence-corrected chi connectivity index (χ1v) is 6.07. The minimum Gasteiger partial charge on any atom is -0.465 e. The van der Waals surface area contributed by atoms with E-state index in [4.69, 9.17) is 5.11 Å². The first-order valence-electron chi connectivity index (χ1n) is 6.07. The zero-order chi connectivity index (χ0) is 13.6. The molecule has 2 heterocycles. The largest absolute Gasteiger partial charge is 0.465 e. The van der Waals surface area contributed by atoms with E-state index in [1.54, 1.807) is 12.1 Å². The van der Waals surface area contributed by atoms with E-state index in [0.717, 1.165) is 12.1 Å². The minimum atomic E-state index is -0.865. The SMILES string of the molecule is O=C(O)N1C[C@H]2C[C@@H]1CN2c1ccc([N+](=O)[O-])cc1. The summed E-state index contributed by atoms with van der Waals surface area (Å²) in [5, 5.41) is 19.6. The van der Waals surface area contributed by atoms with E-state index in [1.807, 2.05) is 0 Å². The van der Waals surface area contributed by atoms with Gasteiger partial charge in [0, 0.05) is 37.0 Å². The molecule has 2 bridgehead atoms. The molecule has 0 radical (unpaired) electrons. The molecule has 0 unspecified atom stereocenters. The van der Waals surface area contributed by atoms with Gasteiger partial charge in [0.2, 0.25) is 0 Å². The van der Waals surface area contributed by atoms with Crippen LogP contribution in [-0.2, 0) is 0 Å². The molecule has 7 heteroatoms. The fourth-order valence-corrected chi connectivity index (χ4v) is 2.98. The van der Waals surface area contributed by atoms with E-state index in [2.05, 4.69) is 4.90 Å². The average molecular weight is 263 g/mol. The van der Waals surface area contributed by atoms with Gasteiger partial charge in [0.25, 0.3) is 5.69 Å². The molecule has 1 aromatic rings. The number of benzene rings is 1. The number of nitro groups is 1. The molecule has 2 aliphatic rings. The van der Waals surface area contributed by atoms with Crippen LogP contribution in [0.15, 0.2) is 24.3 Å². The van der Waals surface area contributed by atoms with Crippen LogP contribution in [-0.4, -0.2) is 46.2 Å². The van der Waals surface area contributed by atoms with E-state index in [0.29, 0.717) is 13.1 Å². The third-order valence-corrected chi connectivity index (χ3v) is 3.88. The number of fused-ring (bicyclic) bond motifs is 2. The summed E-state index contributed by atoms with van der Waals surface area (Å²) in [6, 6.07) is 6.64. The lowest BCUT2D eigenvalue weighted by Gasteiger charge is -2.34. The van der Waals surface area contributed by atoms with E-state index in [9.17, 15) is 14.9 Å². The number of nitrogens with zero attached hydrogens (tertiary/aromatic N) is 3. The summed E-state index contributed by atoms with van der Waals surface area (Å²) in [5.41, 5.74) is 0.989. The van der Waals surface area contributed by atoms with Gasteiger partial charge in [-0.2, -0.15) is 0 Å². The normalized spacial score (nSPS) is 24.8. The Kier molecular flexibility index (Phi) is 2.55. The molecule has 2 fully saturated rings. The molecular formula is C12H13N3O4. The Morgan fingerprint density at radius 2 is 1.95 bits per heavy atom. The zero-order valence-electron chi connectivity index (χ0n) is 10.1. The van der Waals surface area contributed by atoms with Crippen molar-refractivity contribution in [2.24, 2.45) is 0 Å². The molecule has 100 valence electrons. The van der Waals surface area contributed by atoms with Crippen molar-refractivity contribution in [2.45, 2.75) is 18.5 Å². The van der Waals surface area contributed by atoms with Gasteiger partial charge in [-0.15, -0.1) is 0 Å². The third-order valence-electron chi connectivity index (χ3n) is 3.88. The number of nitro benzene ring substituents is 1. The number of non-ortho nitro benzene ring substituents is 1. The smallest absolute Gasteiger partial charge is 0.407 e. The lowest BCUT2D eigenvalue weighted by Crippen LogP contribution is -2.48. The maximum atomic E-state index is 11.0. The fraction of sp³-hybridized carbons (Fsp3) is 0.417. The van der Waals surface area contributed by atoms with Gasteiger partial charge in [-0.3, -0.25) is 10.1 Å². The van der Waals surface area contributed by atoms with Gasteiger partial charge in [-0.05, 0) is 18.6 Å². The van der Waals surface area contributed by atoms with Crippen molar-refractivity contribution in [1.82, 2.24) is 4.90 Å². The van der Waals surface area contributed by atoms with E-state index >= 15 is 0 Å². The number of piperazine rings is 1. The third kappa shape index (κ3) is 1.87. The van der Waals surface area contributed by atoms with Crippen LogP contribution in [0.4, 0.5) is 16.2 Å². The van der Waals surface area contributed by atoms with Gasteiger partial charge in [0.15, 0.2) is 0 Å². The van der Waals surface area contributed by atoms with E-state index in [-0.39, 0.29) is 17.8 Å². The number of amides is 1. The number of carboxylic acid groups (broad SMARTS) is 1. The maximum Gasteiger partial charge on any atom is 0.407 e. The second kappa shape index (κ2) is 4.11. The van der Waals surface area contributed by atoms with E-state index < -0.39 is 11.0 Å². The van der Waals surface area contributed by atoms with E-state index in [1.165, 1.54) is 17.0 Å². The van der Waals surface area contributed by atoms with Gasteiger partial charge in [-0.25, -0.2) is 4.79 Å². The molecule has 7 nitrogen and oxygen atoms in total. The highest BCUT2D eigenvalue weighted by Crippen LogP contribution is 2.35. The second-order valence-corrected chi connectivity index (χ2v) is 4.90. The Morgan fingerprint density at radius 1 is 1.26 bits per heavy atom.